The second-order valence-corrected chi connectivity index (χ2v) is 3.70. The van der Waals surface area contributed by atoms with Crippen LogP contribution >= 0.6 is 0 Å². The highest BCUT2D eigenvalue weighted by atomic mass is 16.1. The second-order valence-electron chi connectivity index (χ2n) is 3.70. The Kier molecular flexibility index (Phi) is 2.90. The van der Waals surface area contributed by atoms with Gasteiger partial charge < -0.3 is 5.43 Å². The second kappa shape index (κ2) is 4.35. The van der Waals surface area contributed by atoms with Gasteiger partial charge in [-0.2, -0.15) is 0 Å². The molecule has 0 unspecified atom stereocenters. The van der Waals surface area contributed by atoms with Gasteiger partial charge in [0.2, 0.25) is 0 Å². The molecule has 0 saturated heterocycles. The Hall–Kier alpha value is -1.84. The van der Waals surface area contributed by atoms with Crippen LogP contribution in [0.15, 0.2) is 29.2 Å². The van der Waals surface area contributed by atoms with Crippen LogP contribution in [0.4, 0.5) is 0 Å². The van der Waals surface area contributed by atoms with E-state index in [2.05, 4.69) is 17.3 Å². The molecule has 2 rings (SSSR count). The molecule has 0 bridgehead atoms. The van der Waals surface area contributed by atoms with Crippen LogP contribution in [0.5, 0.6) is 0 Å². The molecular weight excluding hydrogens is 202 g/mol. The van der Waals surface area contributed by atoms with Gasteiger partial charge in [-0.15, -0.1) is 0 Å². The van der Waals surface area contributed by atoms with Crippen LogP contribution in [0.3, 0.4) is 0 Å². The maximum Gasteiger partial charge on any atom is 0.273 e. The molecule has 2 heterocycles. The molecule has 0 aliphatic heterocycles. The lowest BCUT2D eigenvalue weighted by molar-refractivity contribution is 0.839. The van der Waals surface area contributed by atoms with Gasteiger partial charge in [0, 0.05) is 24.2 Å². The number of hydrogen-bond acceptors (Lipinski definition) is 3. The molecule has 0 fully saturated rings. The highest BCUT2D eigenvalue weighted by molar-refractivity contribution is 5.75. The fourth-order valence-corrected chi connectivity index (χ4v) is 1.85. The first-order chi connectivity index (χ1) is 7.77. The van der Waals surface area contributed by atoms with E-state index in [1.807, 2.05) is 18.2 Å². The average molecular weight is 217 g/mol. The van der Waals surface area contributed by atoms with Crippen molar-refractivity contribution in [3.8, 4) is 0 Å². The van der Waals surface area contributed by atoms with Crippen LogP contribution < -0.4 is 11.0 Å². The van der Waals surface area contributed by atoms with Crippen molar-refractivity contribution in [2.45, 2.75) is 19.8 Å². The van der Waals surface area contributed by atoms with Gasteiger partial charge in [0.05, 0.1) is 0 Å². The summed E-state index contributed by atoms with van der Waals surface area (Å²) in [5.41, 5.74) is 4.38. The van der Waals surface area contributed by atoms with Crippen LogP contribution in [0.2, 0.25) is 0 Å². The fraction of sp³-hybridized carbons (Fsp3) is 0.333. The van der Waals surface area contributed by atoms with Gasteiger partial charge in [0.15, 0.2) is 5.65 Å². The summed E-state index contributed by atoms with van der Waals surface area (Å²) in [4.78, 5) is 16.3. The van der Waals surface area contributed by atoms with Gasteiger partial charge in [-0.05, 0) is 24.6 Å². The van der Waals surface area contributed by atoms with Crippen molar-refractivity contribution in [1.29, 1.82) is 0 Å². The van der Waals surface area contributed by atoms with E-state index in [4.69, 9.17) is 0 Å². The van der Waals surface area contributed by atoms with Crippen molar-refractivity contribution in [2.24, 2.45) is 0 Å². The molecule has 4 heteroatoms. The van der Waals surface area contributed by atoms with Crippen molar-refractivity contribution in [3.05, 3.63) is 40.3 Å². The summed E-state index contributed by atoms with van der Waals surface area (Å²) in [5.74, 6) is 0. The van der Waals surface area contributed by atoms with Gasteiger partial charge in [-0.25, -0.2) is 9.66 Å². The summed E-state index contributed by atoms with van der Waals surface area (Å²) < 4.78 is 1.50. The molecule has 0 aliphatic rings. The summed E-state index contributed by atoms with van der Waals surface area (Å²) in [5, 5.41) is 0.986. The van der Waals surface area contributed by atoms with Crippen LogP contribution in [0, 0.1) is 0 Å². The third-order valence-electron chi connectivity index (χ3n) is 2.58. The number of rotatable bonds is 3. The summed E-state index contributed by atoms with van der Waals surface area (Å²) in [6, 6.07) is 5.78. The fourth-order valence-electron chi connectivity index (χ4n) is 1.85. The van der Waals surface area contributed by atoms with Crippen LogP contribution in [0.25, 0.3) is 11.0 Å². The first kappa shape index (κ1) is 10.7. The average Bonchev–Trinajstić information content (AvgIpc) is 2.31. The number of aryl methyl sites for hydroxylation is 1. The Bertz CT molecular complexity index is 560. The lowest BCUT2D eigenvalue weighted by atomic mass is 10.1. The molecule has 0 saturated carbocycles. The Morgan fingerprint density at radius 1 is 1.50 bits per heavy atom. The number of nitrogens with zero attached hydrogens (tertiary/aromatic N) is 2. The van der Waals surface area contributed by atoms with E-state index < -0.39 is 0 Å². The Labute approximate surface area is 93.9 Å². The van der Waals surface area contributed by atoms with Crippen LogP contribution in [-0.4, -0.2) is 16.7 Å². The SMILES string of the molecule is CCCc1cc2cccnc2n(NC)c1=O. The monoisotopic (exact) mass is 217 g/mol. The standard InChI is InChI=1S/C12H15N3O/c1-3-5-10-8-9-6-4-7-14-11(9)15(13-2)12(10)16/h4,6-8,13H,3,5H2,1-2H3. The van der Waals surface area contributed by atoms with E-state index in [0.717, 1.165) is 23.8 Å². The number of nitrogens with one attached hydrogen (secondary N) is 1. The summed E-state index contributed by atoms with van der Waals surface area (Å²) >= 11 is 0. The van der Waals surface area contributed by atoms with Crippen molar-refractivity contribution in [1.82, 2.24) is 9.66 Å². The molecule has 1 N–H and O–H groups in total. The lowest BCUT2D eigenvalue weighted by Crippen LogP contribution is -2.30. The number of hydrogen-bond donors (Lipinski definition) is 1. The zero-order valence-corrected chi connectivity index (χ0v) is 9.53. The van der Waals surface area contributed by atoms with E-state index in [1.165, 1.54) is 4.68 Å². The maximum atomic E-state index is 12.1. The minimum absolute atomic E-state index is 0.00412. The molecule has 4 nitrogen and oxygen atoms in total. The van der Waals surface area contributed by atoms with Crippen molar-refractivity contribution in [3.63, 3.8) is 0 Å². The van der Waals surface area contributed by atoms with Gasteiger partial charge in [-0.1, -0.05) is 13.3 Å². The van der Waals surface area contributed by atoms with Crippen molar-refractivity contribution >= 4 is 11.0 Å². The summed E-state index contributed by atoms with van der Waals surface area (Å²) in [6.45, 7) is 2.07. The molecule has 0 radical (unpaired) electrons. The number of fused-ring (bicyclic) bond motifs is 1. The largest absolute Gasteiger partial charge is 0.324 e. The topological polar surface area (TPSA) is 46.9 Å². The third-order valence-corrected chi connectivity index (χ3v) is 2.58. The molecule has 2 aromatic rings. The van der Waals surface area contributed by atoms with E-state index in [-0.39, 0.29) is 5.56 Å². The predicted octanol–water partition coefficient (Wildman–Crippen LogP) is 1.52. The Balaban J connectivity index is 2.77. The van der Waals surface area contributed by atoms with Crippen LogP contribution in [0.1, 0.15) is 18.9 Å². The van der Waals surface area contributed by atoms with Crippen molar-refractivity contribution in [2.75, 3.05) is 12.5 Å². The van der Waals surface area contributed by atoms with Crippen LogP contribution in [-0.2, 0) is 6.42 Å². The molecule has 0 aromatic carbocycles. The molecule has 0 atom stereocenters. The zero-order valence-electron chi connectivity index (χ0n) is 9.53. The highest BCUT2D eigenvalue weighted by Gasteiger charge is 2.07. The number of pyridine rings is 2. The van der Waals surface area contributed by atoms with Gasteiger partial charge in [0.1, 0.15) is 0 Å². The molecule has 2 aromatic heterocycles. The third kappa shape index (κ3) is 1.66. The van der Waals surface area contributed by atoms with Gasteiger partial charge >= 0.3 is 0 Å². The van der Waals surface area contributed by atoms with E-state index >= 15 is 0 Å². The summed E-state index contributed by atoms with van der Waals surface area (Å²) in [6.07, 6.45) is 3.45. The minimum atomic E-state index is -0.00412. The predicted molar refractivity (Wildman–Crippen MR) is 65.3 cm³/mol. The zero-order chi connectivity index (χ0) is 11.5. The van der Waals surface area contributed by atoms with Gasteiger partial charge in [0.25, 0.3) is 5.56 Å². The Morgan fingerprint density at radius 3 is 3.00 bits per heavy atom. The van der Waals surface area contributed by atoms with Gasteiger partial charge in [-0.3, -0.25) is 4.79 Å². The number of aromatic nitrogens is 2. The molecule has 0 amide bonds. The van der Waals surface area contributed by atoms with Crippen molar-refractivity contribution < 1.29 is 0 Å². The minimum Gasteiger partial charge on any atom is -0.324 e. The molecule has 16 heavy (non-hydrogen) atoms. The highest BCUT2D eigenvalue weighted by Crippen LogP contribution is 2.10. The van der Waals surface area contributed by atoms with E-state index in [1.54, 1.807) is 13.2 Å². The quantitative estimate of drug-likeness (QED) is 0.848. The maximum absolute atomic E-state index is 12.1. The molecule has 84 valence electrons. The Morgan fingerprint density at radius 2 is 2.31 bits per heavy atom. The first-order valence-electron chi connectivity index (χ1n) is 5.45. The molecule has 0 aliphatic carbocycles. The van der Waals surface area contributed by atoms with E-state index in [0.29, 0.717) is 5.65 Å². The molecular formula is C12H15N3O. The lowest BCUT2D eigenvalue weighted by Gasteiger charge is -2.10. The van der Waals surface area contributed by atoms with E-state index in [9.17, 15) is 4.79 Å². The smallest absolute Gasteiger partial charge is 0.273 e. The normalized spacial score (nSPS) is 10.6. The molecule has 0 spiro atoms. The summed E-state index contributed by atoms with van der Waals surface area (Å²) in [7, 11) is 1.73. The first-order valence-corrected chi connectivity index (χ1v) is 5.45.